The number of hydrogen-bond acceptors (Lipinski definition) is 3. The van der Waals surface area contributed by atoms with Crippen molar-refractivity contribution < 1.29 is 9.84 Å². The number of hydrogen-bond donors (Lipinski definition) is 2. The molecule has 1 aromatic rings. The molecule has 0 radical (unpaired) electrons. The Morgan fingerprint density at radius 1 is 1.75 bits per heavy atom. The van der Waals surface area contributed by atoms with Gasteiger partial charge in [0, 0.05) is 6.07 Å². The van der Waals surface area contributed by atoms with Crippen molar-refractivity contribution in [3.8, 4) is 5.88 Å². The highest BCUT2D eigenvalue weighted by atomic mass is 35.5. The van der Waals surface area contributed by atoms with Crippen molar-refractivity contribution in [2.24, 2.45) is 0 Å². The minimum atomic E-state index is -0.365. The predicted octanol–water partition coefficient (Wildman–Crippen LogP) is 0.529. The van der Waals surface area contributed by atoms with Gasteiger partial charge in [0.25, 0.3) is 0 Å². The highest BCUT2D eigenvalue weighted by Crippen LogP contribution is 2.13. The molecular formula is C7H8ClNO3. The molecule has 1 heterocycles. The van der Waals surface area contributed by atoms with E-state index in [1.54, 1.807) is 0 Å². The fourth-order valence-electron chi connectivity index (χ4n) is 0.858. The van der Waals surface area contributed by atoms with Crippen LogP contribution in [0.3, 0.4) is 0 Å². The maximum absolute atomic E-state index is 11.1. The van der Waals surface area contributed by atoms with Crippen molar-refractivity contribution in [2.45, 2.75) is 6.61 Å². The maximum Gasteiger partial charge on any atom is 0.201 e. The molecule has 0 fully saturated rings. The van der Waals surface area contributed by atoms with E-state index in [0.717, 1.165) is 0 Å². The third kappa shape index (κ3) is 1.60. The van der Waals surface area contributed by atoms with Crippen LogP contribution in [0.2, 0.25) is 5.15 Å². The van der Waals surface area contributed by atoms with Gasteiger partial charge in [-0.2, -0.15) is 0 Å². The number of halogens is 1. The van der Waals surface area contributed by atoms with E-state index in [2.05, 4.69) is 4.98 Å². The summed E-state index contributed by atoms with van der Waals surface area (Å²) in [5.41, 5.74) is -0.153. The lowest BCUT2D eigenvalue weighted by Gasteiger charge is -2.04. The molecule has 0 aliphatic heterocycles. The molecule has 0 saturated heterocycles. The highest BCUT2D eigenvalue weighted by molar-refractivity contribution is 6.29. The minimum Gasteiger partial charge on any atom is -0.482 e. The molecule has 0 spiro atoms. The Bertz CT molecular complexity index is 334. The van der Waals surface area contributed by atoms with Crippen molar-refractivity contribution >= 4 is 11.6 Å². The lowest BCUT2D eigenvalue weighted by molar-refractivity contribution is 0.270. The Morgan fingerprint density at radius 3 is 2.92 bits per heavy atom. The Labute approximate surface area is 73.8 Å². The molecule has 2 N–H and O–H groups in total. The van der Waals surface area contributed by atoms with Crippen molar-refractivity contribution in [2.75, 3.05) is 7.11 Å². The van der Waals surface area contributed by atoms with Crippen LogP contribution in [-0.4, -0.2) is 17.2 Å². The van der Waals surface area contributed by atoms with Crippen LogP contribution >= 0.6 is 11.6 Å². The molecule has 0 bridgehead atoms. The first-order valence-electron chi connectivity index (χ1n) is 3.25. The van der Waals surface area contributed by atoms with Gasteiger partial charge in [0.15, 0.2) is 5.43 Å². The van der Waals surface area contributed by atoms with Gasteiger partial charge in [-0.25, -0.2) is 0 Å². The highest BCUT2D eigenvalue weighted by Gasteiger charge is 2.07. The smallest absolute Gasteiger partial charge is 0.201 e. The fraction of sp³-hybridized carbons (Fsp3) is 0.286. The number of aromatic nitrogens is 1. The van der Waals surface area contributed by atoms with Crippen LogP contribution in [0.1, 0.15) is 5.56 Å². The largest absolute Gasteiger partial charge is 0.482 e. The lowest BCUT2D eigenvalue weighted by Crippen LogP contribution is -2.11. The Morgan fingerprint density at radius 2 is 2.42 bits per heavy atom. The van der Waals surface area contributed by atoms with E-state index in [1.807, 2.05) is 0 Å². The first kappa shape index (κ1) is 9.09. The molecule has 66 valence electrons. The van der Waals surface area contributed by atoms with Crippen LogP contribution in [0.15, 0.2) is 10.9 Å². The average molecular weight is 190 g/mol. The van der Waals surface area contributed by atoms with E-state index >= 15 is 0 Å². The first-order valence-corrected chi connectivity index (χ1v) is 3.63. The van der Waals surface area contributed by atoms with E-state index in [1.165, 1.54) is 13.2 Å². The molecule has 5 heteroatoms. The summed E-state index contributed by atoms with van der Waals surface area (Å²) in [7, 11) is 1.39. The van der Waals surface area contributed by atoms with E-state index in [4.69, 9.17) is 21.4 Å². The molecule has 0 atom stereocenters. The number of ether oxygens (including phenoxy) is 1. The number of aromatic amines is 1. The zero-order valence-electron chi connectivity index (χ0n) is 6.43. The summed E-state index contributed by atoms with van der Waals surface area (Å²) in [5.74, 6) is 0.204. The number of pyridine rings is 1. The Kier molecular flexibility index (Phi) is 2.73. The second kappa shape index (κ2) is 3.60. The maximum atomic E-state index is 11.1. The van der Waals surface area contributed by atoms with E-state index in [-0.39, 0.29) is 28.6 Å². The number of H-pyrrole nitrogens is 1. The van der Waals surface area contributed by atoms with E-state index < -0.39 is 0 Å². The quantitative estimate of drug-likeness (QED) is 0.668. The van der Waals surface area contributed by atoms with Crippen molar-refractivity contribution in [3.05, 3.63) is 27.0 Å². The van der Waals surface area contributed by atoms with Gasteiger partial charge in [0.05, 0.1) is 19.3 Å². The molecular weight excluding hydrogens is 182 g/mol. The predicted molar refractivity (Wildman–Crippen MR) is 44.5 cm³/mol. The molecule has 0 aromatic carbocycles. The van der Waals surface area contributed by atoms with Gasteiger partial charge in [-0.1, -0.05) is 11.6 Å². The summed E-state index contributed by atoms with van der Waals surface area (Å²) in [6.07, 6.45) is 0. The molecule has 0 amide bonds. The number of aliphatic hydroxyl groups is 1. The second-order valence-electron chi connectivity index (χ2n) is 2.15. The van der Waals surface area contributed by atoms with E-state index in [9.17, 15) is 4.79 Å². The monoisotopic (exact) mass is 189 g/mol. The summed E-state index contributed by atoms with van der Waals surface area (Å²) < 4.78 is 4.80. The minimum absolute atomic E-state index is 0.182. The van der Waals surface area contributed by atoms with Gasteiger partial charge in [-0.15, -0.1) is 0 Å². The molecule has 0 aliphatic carbocycles. The molecule has 0 unspecified atom stereocenters. The van der Waals surface area contributed by atoms with Crippen LogP contribution in [0.4, 0.5) is 0 Å². The number of methoxy groups -OCH3 is 1. The third-order valence-corrected chi connectivity index (χ3v) is 1.63. The summed E-state index contributed by atoms with van der Waals surface area (Å²) in [4.78, 5) is 13.7. The van der Waals surface area contributed by atoms with Gasteiger partial charge < -0.3 is 14.8 Å². The zero-order valence-corrected chi connectivity index (χ0v) is 7.18. The Balaban J connectivity index is 3.34. The normalized spacial score (nSPS) is 9.92. The lowest BCUT2D eigenvalue weighted by atomic mass is 10.3. The fourth-order valence-corrected chi connectivity index (χ4v) is 1.04. The SMILES string of the molecule is COc1[nH]c(Cl)cc(=O)c1CO. The van der Waals surface area contributed by atoms with Gasteiger partial charge >= 0.3 is 0 Å². The first-order chi connectivity index (χ1) is 5.69. The van der Waals surface area contributed by atoms with Gasteiger partial charge in [0.1, 0.15) is 5.15 Å². The number of aliphatic hydroxyl groups excluding tert-OH is 1. The second-order valence-corrected chi connectivity index (χ2v) is 2.56. The molecule has 0 aliphatic rings. The van der Waals surface area contributed by atoms with Crippen LogP contribution in [-0.2, 0) is 6.61 Å². The molecule has 4 nitrogen and oxygen atoms in total. The van der Waals surface area contributed by atoms with Crippen LogP contribution in [0.25, 0.3) is 0 Å². The summed E-state index contributed by atoms with van der Waals surface area (Å²) >= 11 is 5.54. The summed E-state index contributed by atoms with van der Waals surface area (Å²) in [6.45, 7) is -0.365. The molecule has 0 saturated carbocycles. The molecule has 1 aromatic heterocycles. The summed E-state index contributed by atoms with van der Waals surface area (Å²) in [6, 6.07) is 1.19. The topological polar surface area (TPSA) is 62.3 Å². The number of nitrogens with one attached hydrogen (secondary N) is 1. The van der Waals surface area contributed by atoms with Crippen LogP contribution in [0.5, 0.6) is 5.88 Å². The van der Waals surface area contributed by atoms with Crippen LogP contribution in [0, 0.1) is 0 Å². The average Bonchev–Trinajstić information content (AvgIpc) is 2.03. The van der Waals surface area contributed by atoms with Gasteiger partial charge in [-0.3, -0.25) is 4.79 Å². The third-order valence-electron chi connectivity index (χ3n) is 1.42. The standard InChI is InChI=1S/C7H8ClNO3/c1-12-7-4(3-10)5(11)2-6(8)9-7/h2,10H,3H2,1H3,(H,9,11). The molecule has 12 heavy (non-hydrogen) atoms. The van der Waals surface area contributed by atoms with Crippen molar-refractivity contribution in [1.29, 1.82) is 0 Å². The van der Waals surface area contributed by atoms with Crippen molar-refractivity contribution in [1.82, 2.24) is 4.98 Å². The van der Waals surface area contributed by atoms with Crippen molar-refractivity contribution in [3.63, 3.8) is 0 Å². The van der Waals surface area contributed by atoms with Gasteiger partial charge in [-0.05, 0) is 0 Å². The summed E-state index contributed by atoms with van der Waals surface area (Å²) in [5, 5.41) is 8.97. The number of rotatable bonds is 2. The van der Waals surface area contributed by atoms with Crippen LogP contribution < -0.4 is 10.2 Å². The van der Waals surface area contributed by atoms with E-state index in [0.29, 0.717) is 0 Å². The molecule has 1 rings (SSSR count). The Hall–Kier alpha value is -1.00. The zero-order chi connectivity index (χ0) is 9.14. The van der Waals surface area contributed by atoms with Gasteiger partial charge in [0.2, 0.25) is 5.88 Å².